The molecule has 6 unspecified atom stereocenters. The number of phosphoric ester groups is 2. The zero-order valence-electron chi connectivity index (χ0n) is 70.1. The molecule has 2 saturated heterocycles. The highest BCUT2D eigenvalue weighted by Crippen LogP contribution is 2.68. The molecule has 130 heavy (non-hydrogen) atoms. The molecule has 4 amide bonds. The zero-order chi connectivity index (χ0) is 95.3. The second-order valence-corrected chi connectivity index (χ2v) is 39.8. The molecule has 2 fully saturated rings. The Kier molecular flexibility index (Phi) is 31.6. The maximum Gasteiger partial charge on any atom is 0.490 e. The number of fused-ring (bicyclic) bond motifs is 6. The topological polar surface area (TPSA) is 772 Å². The zero-order valence-corrected chi connectivity index (χ0v) is 75.4. The molecule has 0 spiro atoms. The van der Waals surface area contributed by atoms with Gasteiger partial charge < -0.3 is 129 Å². The van der Waals surface area contributed by atoms with E-state index in [2.05, 4.69) is 129 Å². The number of phosphoric acid groups is 6. The van der Waals surface area contributed by atoms with Crippen molar-refractivity contribution < 1.29 is 169 Å². The van der Waals surface area contributed by atoms with Gasteiger partial charge in [-0.1, -0.05) is 13.8 Å². The summed E-state index contributed by atoms with van der Waals surface area (Å²) in [4.78, 5) is 204. The number of rotatable bonds is 36. The van der Waals surface area contributed by atoms with Gasteiger partial charge in [-0.3, -0.25) is 27.8 Å². The second-order valence-electron chi connectivity index (χ2n) is 30.9. The number of nitrogens with one attached hydrogen (secondary N) is 4. The third-order valence-corrected chi connectivity index (χ3v) is 28.1. The molecule has 12 rings (SSSR count). The summed E-state index contributed by atoms with van der Waals surface area (Å²) >= 11 is 0. The Labute approximate surface area is 734 Å². The van der Waals surface area contributed by atoms with Crippen LogP contribution in [0.4, 0.5) is 32.6 Å². The minimum Gasteiger partial charge on any atom is -0.462 e. The van der Waals surface area contributed by atoms with E-state index in [1.807, 2.05) is 12.1 Å². The number of hydrogen-bond acceptors (Lipinski definition) is 40. The average molecular weight is 1950 g/mol. The number of amides is 4. The van der Waals surface area contributed by atoms with Gasteiger partial charge in [0.15, 0.2) is 47.6 Å². The Hall–Kier alpha value is -9.76. The molecule has 0 saturated carbocycles. The lowest BCUT2D eigenvalue weighted by Gasteiger charge is -2.47. The smallest absolute Gasteiger partial charge is 0.462 e. The highest BCUT2D eigenvalue weighted by atomic mass is 31.3. The molecule has 4 aliphatic rings. The third-order valence-electron chi connectivity index (χ3n) is 20.5. The van der Waals surface area contributed by atoms with E-state index in [9.17, 15) is 95.5 Å². The van der Waals surface area contributed by atoms with Gasteiger partial charge in [0.1, 0.15) is 70.4 Å². The van der Waals surface area contributed by atoms with E-state index in [1.54, 1.807) is 26.0 Å². The Bertz CT molecular complexity index is 6030. The molecule has 0 aliphatic carbocycles. The molecule has 54 nitrogen and oxygen atoms in total. The molecule has 14 atom stereocenters. The average Bonchev–Trinajstić information content (AvgIpc) is 1.02. The lowest BCUT2D eigenvalue weighted by molar-refractivity contribution is -0.121. The first kappa shape index (κ1) is 101. The van der Waals surface area contributed by atoms with E-state index >= 15 is 0 Å². The van der Waals surface area contributed by atoms with Gasteiger partial charge in [0.2, 0.25) is 11.8 Å². The van der Waals surface area contributed by atoms with Gasteiger partial charge in [0.05, 0.1) is 39.1 Å². The Morgan fingerprint density at radius 3 is 1.32 bits per heavy atom. The van der Waals surface area contributed by atoms with Gasteiger partial charge in [-0.05, 0) is 114 Å². The first-order chi connectivity index (χ1) is 60.8. The number of nitrogen functional groups attached to an aromatic ring is 2. The van der Waals surface area contributed by atoms with Gasteiger partial charge in [-0.2, -0.15) is 17.2 Å². The summed E-state index contributed by atoms with van der Waals surface area (Å²) in [5, 5.41) is 33.8. The van der Waals surface area contributed by atoms with Crippen LogP contribution in [0.5, 0.6) is 0 Å². The number of carbonyl (C=O) groups is 6. The number of benzene rings is 2. The fourth-order valence-corrected chi connectivity index (χ4v) is 21.3. The molecule has 10 heterocycles. The summed E-state index contributed by atoms with van der Waals surface area (Å²) < 4.78 is 140. The summed E-state index contributed by atoms with van der Waals surface area (Å²) in [5.74, 6) is -2.04. The monoisotopic (exact) mass is 1950 g/mol. The molecule has 0 radical (unpaired) electrons. The number of esters is 2. The summed E-state index contributed by atoms with van der Waals surface area (Å²) in [7, 11) is -34.4. The van der Waals surface area contributed by atoms with Gasteiger partial charge in [-0.25, -0.2) is 86.1 Å². The van der Waals surface area contributed by atoms with Gasteiger partial charge in [0.25, 0.3) is 0 Å². The number of aliphatic hydroxyl groups is 2. The maximum absolute atomic E-state index is 13.0. The number of nitrogens with zero attached hydrogens (tertiary/aromatic N) is 10. The van der Waals surface area contributed by atoms with Crippen molar-refractivity contribution in [2.45, 2.75) is 166 Å². The minimum atomic E-state index is -5.88. The molecular weight excluding hydrogens is 1860 g/mol. The standard InChI is InChI=1S/2C35H47N8O19P3/c1-5-56-32(46)21-12-19-11-20-18(2)14-35(3,4)43(22(20)13-23(19)59-33(21)47)10-6-7-25(44)37-8-9-38-34(48)60-28-24(15-57-64(52,53)62-65(54,55)61-63(49,50)51)58-31(27(28)45)42-17-41-26-29(36)39-16-40-30(26)42;1-5-56-32(46)21-12-19-11-20-18(2)14-35(3,4)43(22(20)13-23(19)59-33(21)47)10-6-7-25(44)37-8-9-38-34(48)60-28-27(45)24(15-57-64(52,53)62-65(54,55)61-63(49,50)51)58-31(28)42-17-41-26-29(36)39-16-40-30(26)42/h2*11-13,16-18,24,27-28,31,45H,5-10,14-15H2,1-4H3,(H,37,44)(H,38,48)(H,52,53)(H,54,55)(H2,36,39,40)(H2,49,50,51)/t2*18?,24-,27-,28-,31-/m11/s1. The Balaban J connectivity index is 0.000000251. The fraction of sp³-hybridized carbons (Fsp3) is 0.514. The van der Waals surface area contributed by atoms with Crippen LogP contribution in [0, 0.1) is 0 Å². The maximum atomic E-state index is 13.0. The van der Waals surface area contributed by atoms with Crippen LogP contribution in [0.25, 0.3) is 44.3 Å². The number of nitrogens with two attached hydrogens (primary N) is 2. The number of alkyl carbamates (subject to hydrolysis) is 2. The van der Waals surface area contributed by atoms with Crippen LogP contribution in [-0.2, 0) is 91.7 Å². The van der Waals surface area contributed by atoms with Crippen molar-refractivity contribution >= 4 is 150 Å². The highest BCUT2D eigenvalue weighted by molar-refractivity contribution is 7.67. The Morgan fingerprint density at radius 1 is 0.508 bits per heavy atom. The van der Waals surface area contributed by atoms with Crippen molar-refractivity contribution in [3.8, 4) is 0 Å². The first-order valence-electron chi connectivity index (χ1n) is 39.4. The summed E-state index contributed by atoms with van der Waals surface area (Å²) in [6.45, 7) is 14.2. The van der Waals surface area contributed by atoms with Crippen molar-refractivity contribution in [2.75, 3.05) is 87.0 Å². The number of ether oxygens (including phenoxy) is 6. The lowest BCUT2D eigenvalue weighted by Crippen LogP contribution is -2.49. The van der Waals surface area contributed by atoms with E-state index in [1.165, 1.54) is 21.3 Å². The number of aromatic nitrogens is 8. The van der Waals surface area contributed by atoms with Crippen LogP contribution in [-0.4, -0.2) is 238 Å². The molecule has 2 aromatic carbocycles. The van der Waals surface area contributed by atoms with Gasteiger partial charge in [-0.15, -0.1) is 0 Å². The van der Waals surface area contributed by atoms with Crippen molar-refractivity contribution in [1.82, 2.24) is 60.3 Å². The summed E-state index contributed by atoms with van der Waals surface area (Å²) in [5.41, 5.74) is 13.6. The first-order valence-corrected chi connectivity index (χ1v) is 48.5. The molecule has 8 aromatic rings. The number of imidazole rings is 2. The molecule has 60 heteroatoms. The third kappa shape index (κ3) is 25.1. The van der Waals surface area contributed by atoms with Crippen LogP contribution in [0.1, 0.15) is 150 Å². The van der Waals surface area contributed by atoms with E-state index in [0.717, 1.165) is 60.7 Å². The molecule has 0 bridgehead atoms. The minimum absolute atomic E-state index is 0.0313. The van der Waals surface area contributed by atoms with Crippen molar-refractivity contribution in [1.29, 1.82) is 0 Å². The van der Waals surface area contributed by atoms with Crippen molar-refractivity contribution in [3.05, 3.63) is 105 Å². The number of aliphatic hydroxyl groups excluding tert-OH is 2. The number of carbonyl (C=O) groups excluding carboxylic acids is 6. The van der Waals surface area contributed by atoms with Crippen LogP contribution >= 0.6 is 46.9 Å². The molecular formula is C70H94N16O38P6. The number of anilines is 4. The predicted octanol–water partition coefficient (Wildman–Crippen LogP) is 4.15. The highest BCUT2D eigenvalue weighted by Gasteiger charge is 2.53. The molecule has 18 N–H and O–H groups in total. The van der Waals surface area contributed by atoms with E-state index in [-0.39, 0.29) is 132 Å². The van der Waals surface area contributed by atoms with Crippen LogP contribution < -0.4 is 53.8 Å². The Morgan fingerprint density at radius 2 is 0.900 bits per heavy atom. The predicted molar refractivity (Wildman–Crippen MR) is 446 cm³/mol. The lowest BCUT2D eigenvalue weighted by atomic mass is 9.79. The van der Waals surface area contributed by atoms with Crippen LogP contribution in [0.3, 0.4) is 0 Å². The molecule has 4 aliphatic heterocycles. The normalized spacial score (nSPS) is 22.5. The van der Waals surface area contributed by atoms with Crippen molar-refractivity contribution in [2.24, 2.45) is 0 Å². The van der Waals surface area contributed by atoms with E-state index in [0.29, 0.717) is 47.9 Å². The van der Waals surface area contributed by atoms with E-state index < -0.39 is 145 Å². The molecule has 6 aromatic heterocycles. The van der Waals surface area contributed by atoms with Gasteiger partial charge >= 0.3 is 82.3 Å². The largest absolute Gasteiger partial charge is 0.490 e. The summed E-state index contributed by atoms with van der Waals surface area (Å²) in [6, 6.07) is 10.3. The fourth-order valence-electron chi connectivity index (χ4n) is 15.3. The second kappa shape index (κ2) is 40.8. The van der Waals surface area contributed by atoms with Crippen LogP contribution in [0.15, 0.2) is 80.1 Å². The quantitative estimate of drug-likeness (QED) is 0.00862. The summed E-state index contributed by atoms with van der Waals surface area (Å²) in [6.07, 6.45) is -8.35. The molecule has 712 valence electrons. The number of hydrogen-bond donors (Lipinski definition) is 16. The van der Waals surface area contributed by atoms with Crippen LogP contribution in [0.2, 0.25) is 0 Å². The van der Waals surface area contributed by atoms with E-state index in [4.69, 9.17) is 68.3 Å². The van der Waals surface area contributed by atoms with Gasteiger partial charge in [0, 0.05) is 97.5 Å². The SMILES string of the molecule is CCOC(=O)c1cc2cc3c(cc2oc1=O)N(CCCC(=O)NCCNC(=O)O[C@@H]1[C@H](O)[C@@H](COP(=O)(O)OP(=O)(O)OP(=O)(O)O)O[C@H]1n1cnc2c(N)ncnc21)C(C)(C)CC3C.CCOC(=O)c1cc2cc3c(cc2oc1=O)N(CCCC(=O)NCCNC(=O)O[C@H]1[C@@H](O)[C@H](n2cnc4c(N)ncnc42)O[C@@H]1COP(=O)(O)OP(=O)(O)OP(=O)(O)O)C(C)(C)CC3C. The van der Waals surface area contributed by atoms with Crippen molar-refractivity contribution in [3.63, 3.8) is 0 Å².